The Kier molecular flexibility index (Phi) is 4.55. The molecule has 0 bridgehead atoms. The average molecular weight is 375 g/mol. The van der Waals surface area contributed by atoms with Crippen LogP contribution in [0, 0.1) is 6.92 Å². The quantitative estimate of drug-likeness (QED) is 0.702. The monoisotopic (exact) mass is 374 g/mol. The van der Waals surface area contributed by atoms with Gasteiger partial charge in [-0.3, -0.25) is 4.79 Å². The number of fused-ring (bicyclic) bond motifs is 1. The van der Waals surface area contributed by atoms with E-state index in [0.717, 1.165) is 26.2 Å². The largest absolute Gasteiger partial charge is 0.326 e. The third-order valence-electron chi connectivity index (χ3n) is 3.35. The number of benzene rings is 2. The van der Waals surface area contributed by atoms with Gasteiger partial charge in [-0.1, -0.05) is 28.1 Å². The van der Waals surface area contributed by atoms with Gasteiger partial charge in [0.2, 0.25) is 5.91 Å². The zero-order chi connectivity index (χ0) is 15.5. The van der Waals surface area contributed by atoms with Crippen molar-refractivity contribution >= 4 is 49.1 Å². The van der Waals surface area contributed by atoms with Crippen LogP contribution in [0.3, 0.4) is 0 Å². The van der Waals surface area contributed by atoms with Crippen LogP contribution < -0.4 is 5.32 Å². The topological polar surface area (TPSA) is 42.0 Å². The Morgan fingerprint density at radius 3 is 2.86 bits per heavy atom. The molecule has 1 aromatic heterocycles. The summed E-state index contributed by atoms with van der Waals surface area (Å²) in [4.78, 5) is 16.6. The maximum atomic E-state index is 12.1. The van der Waals surface area contributed by atoms with Crippen molar-refractivity contribution in [2.45, 2.75) is 19.8 Å². The molecule has 1 N–H and O–H groups in total. The summed E-state index contributed by atoms with van der Waals surface area (Å²) in [6, 6.07) is 13.8. The predicted molar refractivity (Wildman–Crippen MR) is 95.4 cm³/mol. The van der Waals surface area contributed by atoms with Crippen molar-refractivity contribution in [3.05, 3.63) is 57.5 Å². The second kappa shape index (κ2) is 6.58. The van der Waals surface area contributed by atoms with Crippen LogP contribution in [0.2, 0.25) is 0 Å². The van der Waals surface area contributed by atoms with E-state index >= 15 is 0 Å². The zero-order valence-corrected chi connectivity index (χ0v) is 14.5. The lowest BCUT2D eigenvalue weighted by Crippen LogP contribution is -2.12. The Morgan fingerprint density at radius 2 is 2.09 bits per heavy atom. The summed E-state index contributed by atoms with van der Waals surface area (Å²) in [6.45, 7) is 2.00. The van der Waals surface area contributed by atoms with Crippen LogP contribution in [-0.4, -0.2) is 10.9 Å². The van der Waals surface area contributed by atoms with Crippen molar-refractivity contribution in [3.63, 3.8) is 0 Å². The molecule has 0 aliphatic heterocycles. The standard InChI is InChI=1S/C17H15BrN2OS/c1-11-10-12(6-7-13(11)18)19-16(21)8-9-17-20-14-4-2-3-5-15(14)22-17/h2-7,10H,8-9H2,1H3,(H,19,21). The maximum Gasteiger partial charge on any atom is 0.224 e. The van der Waals surface area contributed by atoms with Crippen molar-refractivity contribution < 1.29 is 4.79 Å². The summed E-state index contributed by atoms with van der Waals surface area (Å²) in [7, 11) is 0. The number of carbonyl (C=O) groups is 1. The second-order valence-corrected chi connectivity index (χ2v) is 7.06. The van der Waals surface area contributed by atoms with Crippen molar-refractivity contribution in [2.24, 2.45) is 0 Å². The molecule has 112 valence electrons. The molecular weight excluding hydrogens is 360 g/mol. The molecule has 3 rings (SSSR count). The van der Waals surface area contributed by atoms with Crippen LogP contribution in [0.1, 0.15) is 17.0 Å². The smallest absolute Gasteiger partial charge is 0.224 e. The number of hydrogen-bond donors (Lipinski definition) is 1. The fourth-order valence-corrected chi connectivity index (χ4v) is 3.41. The molecule has 1 heterocycles. The summed E-state index contributed by atoms with van der Waals surface area (Å²) in [5.41, 5.74) is 2.94. The predicted octanol–water partition coefficient (Wildman–Crippen LogP) is 4.94. The first kappa shape index (κ1) is 15.2. The number of anilines is 1. The van der Waals surface area contributed by atoms with Crippen LogP contribution >= 0.6 is 27.3 Å². The number of aryl methyl sites for hydroxylation is 2. The van der Waals surface area contributed by atoms with E-state index in [0.29, 0.717) is 12.8 Å². The number of rotatable bonds is 4. The lowest BCUT2D eigenvalue weighted by Gasteiger charge is -2.06. The molecular formula is C17H15BrN2OS. The van der Waals surface area contributed by atoms with E-state index < -0.39 is 0 Å². The Labute approximate surface area is 141 Å². The molecule has 22 heavy (non-hydrogen) atoms. The highest BCUT2D eigenvalue weighted by Gasteiger charge is 2.08. The Balaban J connectivity index is 1.60. The maximum absolute atomic E-state index is 12.1. The molecule has 0 saturated carbocycles. The second-order valence-electron chi connectivity index (χ2n) is 5.09. The van der Waals surface area contributed by atoms with Gasteiger partial charge in [0.05, 0.1) is 15.2 Å². The third kappa shape index (κ3) is 3.54. The number of aromatic nitrogens is 1. The van der Waals surface area contributed by atoms with E-state index in [1.54, 1.807) is 11.3 Å². The third-order valence-corrected chi connectivity index (χ3v) is 5.33. The van der Waals surface area contributed by atoms with E-state index in [1.165, 1.54) is 4.70 Å². The minimum absolute atomic E-state index is 0.0148. The zero-order valence-electron chi connectivity index (χ0n) is 12.1. The fourth-order valence-electron chi connectivity index (χ4n) is 2.19. The molecule has 3 nitrogen and oxygen atoms in total. The molecule has 0 unspecified atom stereocenters. The summed E-state index contributed by atoms with van der Waals surface area (Å²) in [6.07, 6.45) is 1.11. The van der Waals surface area contributed by atoms with E-state index in [1.807, 2.05) is 43.3 Å². The summed E-state index contributed by atoms with van der Waals surface area (Å²) in [5.74, 6) is 0.0148. The molecule has 0 spiro atoms. The fraction of sp³-hybridized carbons (Fsp3) is 0.176. The first-order valence-electron chi connectivity index (χ1n) is 7.02. The number of nitrogens with zero attached hydrogens (tertiary/aromatic N) is 1. The number of para-hydroxylation sites is 1. The van der Waals surface area contributed by atoms with Crippen LogP contribution in [0.15, 0.2) is 46.9 Å². The lowest BCUT2D eigenvalue weighted by atomic mass is 10.2. The number of carbonyl (C=O) groups excluding carboxylic acids is 1. The number of thiazole rings is 1. The molecule has 0 fully saturated rings. The molecule has 0 radical (unpaired) electrons. The van der Waals surface area contributed by atoms with Gasteiger partial charge >= 0.3 is 0 Å². The van der Waals surface area contributed by atoms with E-state index in [2.05, 4.69) is 32.3 Å². The molecule has 0 aliphatic carbocycles. The molecule has 0 saturated heterocycles. The van der Waals surface area contributed by atoms with Gasteiger partial charge in [-0.15, -0.1) is 11.3 Å². The summed E-state index contributed by atoms with van der Waals surface area (Å²) in [5, 5.41) is 3.93. The molecule has 1 amide bonds. The summed E-state index contributed by atoms with van der Waals surface area (Å²) >= 11 is 5.11. The van der Waals surface area contributed by atoms with Gasteiger partial charge < -0.3 is 5.32 Å². The first-order chi connectivity index (χ1) is 10.6. The van der Waals surface area contributed by atoms with Crippen LogP contribution in [-0.2, 0) is 11.2 Å². The average Bonchev–Trinajstić information content (AvgIpc) is 2.92. The molecule has 2 aromatic carbocycles. The van der Waals surface area contributed by atoms with Gasteiger partial charge in [-0.2, -0.15) is 0 Å². The minimum atomic E-state index is 0.0148. The van der Waals surface area contributed by atoms with Gasteiger partial charge in [-0.25, -0.2) is 4.98 Å². The normalized spacial score (nSPS) is 10.8. The van der Waals surface area contributed by atoms with Crippen LogP contribution in [0.5, 0.6) is 0 Å². The van der Waals surface area contributed by atoms with Gasteiger partial charge in [-0.05, 0) is 42.8 Å². The van der Waals surface area contributed by atoms with E-state index in [-0.39, 0.29) is 5.91 Å². The highest BCUT2D eigenvalue weighted by Crippen LogP contribution is 2.23. The highest BCUT2D eigenvalue weighted by molar-refractivity contribution is 9.10. The Bertz CT molecular complexity index is 795. The molecule has 5 heteroatoms. The highest BCUT2D eigenvalue weighted by atomic mass is 79.9. The minimum Gasteiger partial charge on any atom is -0.326 e. The van der Waals surface area contributed by atoms with Crippen molar-refractivity contribution in [1.29, 1.82) is 0 Å². The number of hydrogen-bond acceptors (Lipinski definition) is 3. The van der Waals surface area contributed by atoms with Gasteiger partial charge in [0.15, 0.2) is 0 Å². The number of amides is 1. The SMILES string of the molecule is Cc1cc(NC(=O)CCc2nc3ccccc3s2)ccc1Br. The Hall–Kier alpha value is -1.72. The Morgan fingerprint density at radius 1 is 1.27 bits per heavy atom. The molecule has 3 aromatic rings. The van der Waals surface area contributed by atoms with Gasteiger partial charge in [0.25, 0.3) is 0 Å². The van der Waals surface area contributed by atoms with E-state index in [4.69, 9.17) is 0 Å². The van der Waals surface area contributed by atoms with Crippen molar-refractivity contribution in [1.82, 2.24) is 4.98 Å². The molecule has 0 aliphatic rings. The van der Waals surface area contributed by atoms with Gasteiger partial charge in [0, 0.05) is 23.0 Å². The number of halogens is 1. The van der Waals surface area contributed by atoms with E-state index in [9.17, 15) is 4.79 Å². The lowest BCUT2D eigenvalue weighted by molar-refractivity contribution is -0.116. The van der Waals surface area contributed by atoms with Crippen molar-refractivity contribution in [3.8, 4) is 0 Å². The number of nitrogens with one attached hydrogen (secondary N) is 1. The van der Waals surface area contributed by atoms with Crippen molar-refractivity contribution in [2.75, 3.05) is 5.32 Å². The van der Waals surface area contributed by atoms with Crippen LogP contribution in [0.4, 0.5) is 5.69 Å². The molecule has 0 atom stereocenters. The van der Waals surface area contributed by atoms with Gasteiger partial charge in [0.1, 0.15) is 0 Å². The van der Waals surface area contributed by atoms with Crippen LogP contribution in [0.25, 0.3) is 10.2 Å². The first-order valence-corrected chi connectivity index (χ1v) is 8.63. The summed E-state index contributed by atoms with van der Waals surface area (Å²) < 4.78 is 2.21.